The third-order valence-electron chi connectivity index (χ3n) is 5.73. The molecule has 0 saturated heterocycles. The molecule has 1 N–H and O–H groups in total. The number of nitrogens with zero attached hydrogens (tertiary/aromatic N) is 3. The minimum Gasteiger partial charge on any atom is -0.454 e. The van der Waals surface area contributed by atoms with Crippen LogP contribution in [0.1, 0.15) is 30.9 Å². The molecule has 1 aliphatic rings. The highest BCUT2D eigenvalue weighted by Gasteiger charge is 2.20. The molecule has 2 heterocycles. The van der Waals surface area contributed by atoms with Crippen LogP contribution in [0.3, 0.4) is 0 Å². The Hall–Kier alpha value is -3.78. The van der Waals surface area contributed by atoms with Gasteiger partial charge in [-0.3, -0.25) is 9.36 Å². The number of fused-ring (bicyclic) bond motifs is 1. The Bertz CT molecular complexity index is 1370. The molecule has 1 aromatic heterocycles. The largest absolute Gasteiger partial charge is 0.454 e. The van der Waals surface area contributed by atoms with Crippen molar-refractivity contribution in [1.82, 2.24) is 14.8 Å². The van der Waals surface area contributed by atoms with Gasteiger partial charge < -0.3 is 14.8 Å². The van der Waals surface area contributed by atoms with E-state index in [-0.39, 0.29) is 18.5 Å². The van der Waals surface area contributed by atoms with Crippen LogP contribution in [-0.4, -0.2) is 33.2 Å². The van der Waals surface area contributed by atoms with E-state index < -0.39 is 0 Å². The Kier molecular flexibility index (Phi) is 6.46. The van der Waals surface area contributed by atoms with Crippen molar-refractivity contribution in [3.8, 4) is 28.6 Å². The summed E-state index contributed by atoms with van der Waals surface area (Å²) in [5.41, 5.74) is 5.01. The van der Waals surface area contributed by atoms with E-state index in [4.69, 9.17) is 9.47 Å². The molecule has 0 bridgehead atoms. The SMILES string of the molecule is Cc1ccc(-c2nnc(SCC(=O)Nc3ccc4c(c3)OCO4)n2-c2ccccc2C(C)C)cc1. The summed E-state index contributed by atoms with van der Waals surface area (Å²) in [4.78, 5) is 12.8. The van der Waals surface area contributed by atoms with Gasteiger partial charge in [-0.15, -0.1) is 10.2 Å². The summed E-state index contributed by atoms with van der Waals surface area (Å²) in [6.07, 6.45) is 0. The Morgan fingerprint density at radius 2 is 1.80 bits per heavy atom. The molecule has 0 radical (unpaired) electrons. The Balaban J connectivity index is 1.43. The first-order valence-electron chi connectivity index (χ1n) is 11.4. The van der Waals surface area contributed by atoms with Crippen molar-refractivity contribution in [1.29, 1.82) is 0 Å². The van der Waals surface area contributed by atoms with Gasteiger partial charge in [-0.1, -0.05) is 73.6 Å². The number of hydrogen-bond donors (Lipinski definition) is 1. The number of aromatic nitrogens is 3. The number of hydrogen-bond acceptors (Lipinski definition) is 6. The van der Waals surface area contributed by atoms with Crippen LogP contribution in [-0.2, 0) is 4.79 Å². The average Bonchev–Trinajstić information content (AvgIpc) is 3.50. The number of thioether (sulfide) groups is 1. The molecule has 7 nitrogen and oxygen atoms in total. The van der Waals surface area contributed by atoms with Crippen LogP contribution in [0.25, 0.3) is 17.1 Å². The van der Waals surface area contributed by atoms with Crippen LogP contribution in [0.5, 0.6) is 11.5 Å². The van der Waals surface area contributed by atoms with E-state index in [9.17, 15) is 4.79 Å². The number of aryl methyl sites for hydroxylation is 1. The summed E-state index contributed by atoms with van der Waals surface area (Å²) in [5, 5.41) is 12.6. The maximum absolute atomic E-state index is 12.8. The Labute approximate surface area is 208 Å². The van der Waals surface area contributed by atoms with E-state index in [2.05, 4.69) is 77.3 Å². The molecule has 0 unspecified atom stereocenters. The van der Waals surface area contributed by atoms with Crippen LogP contribution < -0.4 is 14.8 Å². The zero-order valence-electron chi connectivity index (χ0n) is 19.8. The molecule has 5 rings (SSSR count). The van der Waals surface area contributed by atoms with Crippen molar-refractivity contribution < 1.29 is 14.3 Å². The first kappa shape index (κ1) is 23.0. The second-order valence-corrected chi connectivity index (χ2v) is 9.57. The van der Waals surface area contributed by atoms with Gasteiger partial charge >= 0.3 is 0 Å². The molecule has 4 aromatic rings. The fraction of sp³-hybridized carbons (Fsp3) is 0.222. The molecular formula is C27H26N4O3S. The number of benzene rings is 3. The van der Waals surface area contributed by atoms with E-state index in [1.165, 1.54) is 22.9 Å². The molecule has 178 valence electrons. The quantitative estimate of drug-likeness (QED) is 0.331. The number of carbonyl (C=O) groups is 1. The molecule has 1 amide bonds. The van der Waals surface area contributed by atoms with Crippen molar-refractivity contribution in [2.24, 2.45) is 0 Å². The fourth-order valence-corrected chi connectivity index (χ4v) is 4.70. The molecule has 0 atom stereocenters. The highest BCUT2D eigenvalue weighted by Crippen LogP contribution is 2.35. The predicted octanol–water partition coefficient (Wildman–Crippen LogP) is 5.83. The normalized spacial score (nSPS) is 12.2. The first-order chi connectivity index (χ1) is 17.0. The molecule has 0 fully saturated rings. The number of anilines is 1. The predicted molar refractivity (Wildman–Crippen MR) is 138 cm³/mol. The molecule has 35 heavy (non-hydrogen) atoms. The van der Waals surface area contributed by atoms with Gasteiger partial charge in [0.2, 0.25) is 12.7 Å². The van der Waals surface area contributed by atoms with Gasteiger partial charge in [0.15, 0.2) is 22.5 Å². The summed E-state index contributed by atoms with van der Waals surface area (Å²) in [7, 11) is 0. The van der Waals surface area contributed by atoms with Crippen LogP contribution >= 0.6 is 11.8 Å². The average molecular weight is 487 g/mol. The highest BCUT2D eigenvalue weighted by molar-refractivity contribution is 7.99. The molecule has 0 spiro atoms. The lowest BCUT2D eigenvalue weighted by Gasteiger charge is -2.17. The van der Waals surface area contributed by atoms with Crippen molar-refractivity contribution in [3.05, 3.63) is 77.9 Å². The van der Waals surface area contributed by atoms with Crippen molar-refractivity contribution in [2.45, 2.75) is 31.8 Å². The second kappa shape index (κ2) is 9.84. The summed E-state index contributed by atoms with van der Waals surface area (Å²) in [5.74, 6) is 2.41. The lowest BCUT2D eigenvalue weighted by Crippen LogP contribution is -2.14. The van der Waals surface area contributed by atoms with Crippen molar-refractivity contribution >= 4 is 23.4 Å². The minimum absolute atomic E-state index is 0.141. The van der Waals surface area contributed by atoms with Gasteiger partial charge in [0.25, 0.3) is 0 Å². The van der Waals surface area contributed by atoms with Crippen LogP contribution in [0, 0.1) is 6.92 Å². The topological polar surface area (TPSA) is 78.3 Å². The van der Waals surface area contributed by atoms with Gasteiger partial charge in [0.05, 0.1) is 11.4 Å². The van der Waals surface area contributed by atoms with Gasteiger partial charge in [0, 0.05) is 17.3 Å². The Morgan fingerprint density at radius 1 is 1.03 bits per heavy atom. The number of nitrogens with one attached hydrogen (secondary N) is 1. The third-order valence-corrected chi connectivity index (χ3v) is 6.66. The molecule has 3 aromatic carbocycles. The standard InChI is InChI=1S/C27H26N4O3S/c1-17(2)21-6-4-5-7-22(21)31-26(19-10-8-18(3)9-11-19)29-30-27(31)35-15-25(32)28-20-12-13-23-24(14-20)34-16-33-23/h4-14,17H,15-16H2,1-3H3,(H,28,32). The number of amides is 1. The fourth-order valence-electron chi connectivity index (χ4n) is 3.95. The van der Waals surface area contributed by atoms with E-state index in [1.807, 2.05) is 12.1 Å². The van der Waals surface area contributed by atoms with Gasteiger partial charge in [0.1, 0.15) is 0 Å². The summed E-state index contributed by atoms with van der Waals surface area (Å²) in [6, 6.07) is 21.8. The number of carbonyl (C=O) groups excluding carboxylic acids is 1. The zero-order valence-corrected chi connectivity index (χ0v) is 20.6. The van der Waals surface area contributed by atoms with Gasteiger partial charge in [-0.2, -0.15) is 0 Å². The van der Waals surface area contributed by atoms with Gasteiger partial charge in [-0.25, -0.2) is 0 Å². The molecule has 8 heteroatoms. The van der Waals surface area contributed by atoms with E-state index in [0.717, 1.165) is 17.1 Å². The summed E-state index contributed by atoms with van der Waals surface area (Å²) >= 11 is 1.36. The lowest BCUT2D eigenvalue weighted by atomic mass is 10.0. The summed E-state index contributed by atoms with van der Waals surface area (Å²) < 4.78 is 12.8. The third kappa shape index (κ3) is 4.88. The van der Waals surface area contributed by atoms with Crippen LogP contribution in [0.2, 0.25) is 0 Å². The molecule has 0 aliphatic carbocycles. The first-order valence-corrected chi connectivity index (χ1v) is 12.4. The van der Waals surface area contributed by atoms with Crippen molar-refractivity contribution in [3.63, 3.8) is 0 Å². The molecule has 0 saturated carbocycles. The van der Waals surface area contributed by atoms with E-state index >= 15 is 0 Å². The molecule has 1 aliphatic heterocycles. The van der Waals surface area contributed by atoms with Crippen molar-refractivity contribution in [2.75, 3.05) is 17.9 Å². The maximum Gasteiger partial charge on any atom is 0.234 e. The van der Waals surface area contributed by atoms with Crippen LogP contribution in [0.15, 0.2) is 71.9 Å². The monoisotopic (exact) mass is 486 g/mol. The second-order valence-electron chi connectivity index (χ2n) is 8.63. The number of para-hydroxylation sites is 1. The smallest absolute Gasteiger partial charge is 0.234 e. The minimum atomic E-state index is -0.141. The maximum atomic E-state index is 12.8. The lowest BCUT2D eigenvalue weighted by molar-refractivity contribution is -0.113. The van der Waals surface area contributed by atoms with E-state index in [0.29, 0.717) is 28.3 Å². The zero-order chi connectivity index (χ0) is 24.4. The highest BCUT2D eigenvalue weighted by atomic mass is 32.2. The Morgan fingerprint density at radius 3 is 2.60 bits per heavy atom. The number of ether oxygens (including phenoxy) is 2. The van der Waals surface area contributed by atoms with Crippen LogP contribution in [0.4, 0.5) is 5.69 Å². The van der Waals surface area contributed by atoms with Gasteiger partial charge in [-0.05, 0) is 36.6 Å². The molecular weight excluding hydrogens is 460 g/mol. The number of rotatable bonds is 7. The summed E-state index contributed by atoms with van der Waals surface area (Å²) in [6.45, 7) is 6.59. The van der Waals surface area contributed by atoms with E-state index in [1.54, 1.807) is 18.2 Å².